The first-order valence-corrected chi connectivity index (χ1v) is 10.5. The first-order chi connectivity index (χ1) is 13.3. The number of hydrogen-bond acceptors (Lipinski definition) is 5. The van der Waals surface area contributed by atoms with Crippen LogP contribution in [0.1, 0.15) is 5.56 Å². The molecule has 0 fully saturated rings. The Bertz CT molecular complexity index is 905. The van der Waals surface area contributed by atoms with Crippen LogP contribution in [0.25, 0.3) is 0 Å². The maximum absolute atomic E-state index is 12.1. The van der Waals surface area contributed by atoms with E-state index in [1.165, 1.54) is 25.3 Å². The first kappa shape index (κ1) is 22.4. The number of nitrogens with one attached hydrogen (secondary N) is 2. The number of amides is 1. The monoisotopic (exact) mass is 446 g/mol. The average Bonchev–Trinajstić information content (AvgIpc) is 2.66. The van der Waals surface area contributed by atoms with E-state index in [9.17, 15) is 13.2 Å². The number of benzene rings is 2. The molecule has 0 saturated carbocycles. The largest absolute Gasteiger partial charge is 0.482 e. The standard InChI is InChI=1S/C18H20Cl2N2O5S/c1-26-9-8-22-28(24,25)15-5-2-13(3-6-15)11-21-18(23)12-27-17-7-4-14(19)10-16(17)20/h2-7,10,22H,8-9,11-12H2,1H3,(H,21,23). The van der Waals surface area contributed by atoms with Gasteiger partial charge in [0, 0.05) is 25.2 Å². The molecule has 28 heavy (non-hydrogen) atoms. The molecule has 0 spiro atoms. The molecule has 10 heteroatoms. The van der Waals surface area contributed by atoms with E-state index in [1.807, 2.05) is 0 Å². The molecule has 0 heterocycles. The second-order valence-corrected chi connectivity index (χ2v) is 8.29. The first-order valence-electron chi connectivity index (χ1n) is 8.24. The minimum absolute atomic E-state index is 0.138. The number of hydrogen-bond donors (Lipinski definition) is 2. The van der Waals surface area contributed by atoms with E-state index in [4.69, 9.17) is 32.7 Å². The number of ether oxygens (including phenoxy) is 2. The molecule has 2 aromatic carbocycles. The van der Waals surface area contributed by atoms with Crippen molar-refractivity contribution < 1.29 is 22.7 Å². The lowest BCUT2D eigenvalue weighted by molar-refractivity contribution is -0.123. The van der Waals surface area contributed by atoms with Crippen LogP contribution >= 0.6 is 23.2 Å². The topological polar surface area (TPSA) is 93.7 Å². The summed E-state index contributed by atoms with van der Waals surface area (Å²) < 4.78 is 36.8. The summed E-state index contributed by atoms with van der Waals surface area (Å²) in [6, 6.07) is 10.9. The van der Waals surface area contributed by atoms with Gasteiger partial charge in [0.2, 0.25) is 10.0 Å². The maximum Gasteiger partial charge on any atom is 0.258 e. The molecule has 2 aromatic rings. The molecule has 152 valence electrons. The molecule has 0 atom stereocenters. The summed E-state index contributed by atoms with van der Waals surface area (Å²) in [6.07, 6.45) is 0. The highest BCUT2D eigenvalue weighted by atomic mass is 35.5. The van der Waals surface area contributed by atoms with Crippen molar-refractivity contribution in [3.05, 3.63) is 58.1 Å². The Balaban J connectivity index is 1.83. The van der Waals surface area contributed by atoms with Crippen LogP contribution in [0.4, 0.5) is 0 Å². The molecule has 2 rings (SSSR count). The van der Waals surface area contributed by atoms with Gasteiger partial charge in [0.1, 0.15) is 5.75 Å². The Kier molecular flexibility index (Phi) is 8.53. The number of rotatable bonds is 10. The summed E-state index contributed by atoms with van der Waals surface area (Å²) in [5.41, 5.74) is 0.744. The Labute approximate surface area is 174 Å². The van der Waals surface area contributed by atoms with Crippen molar-refractivity contribution in [1.82, 2.24) is 10.0 Å². The third kappa shape index (κ3) is 6.96. The van der Waals surface area contributed by atoms with E-state index in [0.29, 0.717) is 15.8 Å². The zero-order chi connectivity index (χ0) is 20.6. The normalized spacial score (nSPS) is 11.2. The smallest absolute Gasteiger partial charge is 0.258 e. The Hall–Kier alpha value is -1.84. The van der Waals surface area contributed by atoms with Crippen molar-refractivity contribution in [3.63, 3.8) is 0 Å². The quantitative estimate of drug-likeness (QED) is 0.547. The summed E-state index contributed by atoms with van der Waals surface area (Å²) in [5.74, 6) is 0.0145. The van der Waals surface area contributed by atoms with Crippen LogP contribution in [0.15, 0.2) is 47.4 Å². The van der Waals surface area contributed by atoms with Gasteiger partial charge in [0.05, 0.1) is 16.5 Å². The summed E-state index contributed by atoms with van der Waals surface area (Å²) in [6.45, 7) is 0.492. The van der Waals surface area contributed by atoms with Crippen LogP contribution in [0.2, 0.25) is 10.0 Å². The van der Waals surface area contributed by atoms with Crippen molar-refractivity contribution in [3.8, 4) is 5.75 Å². The molecular weight excluding hydrogens is 427 g/mol. The van der Waals surface area contributed by atoms with E-state index in [2.05, 4.69) is 10.0 Å². The average molecular weight is 447 g/mol. The van der Waals surface area contributed by atoms with Crippen molar-refractivity contribution in [2.45, 2.75) is 11.4 Å². The van der Waals surface area contributed by atoms with Crippen LogP contribution in [-0.2, 0) is 26.1 Å². The number of halogens is 2. The predicted octanol–water partition coefficient (Wildman–Crippen LogP) is 2.61. The van der Waals surface area contributed by atoms with Gasteiger partial charge in [-0.3, -0.25) is 4.79 Å². The van der Waals surface area contributed by atoms with Crippen LogP contribution in [0.5, 0.6) is 5.75 Å². The highest BCUT2D eigenvalue weighted by Crippen LogP contribution is 2.27. The van der Waals surface area contributed by atoms with Crippen LogP contribution in [0, 0.1) is 0 Å². The fourth-order valence-corrected chi connectivity index (χ4v) is 3.61. The lowest BCUT2D eigenvalue weighted by Gasteiger charge is -2.10. The van der Waals surface area contributed by atoms with E-state index < -0.39 is 10.0 Å². The Morgan fingerprint density at radius 3 is 2.46 bits per heavy atom. The van der Waals surface area contributed by atoms with Crippen molar-refractivity contribution in [1.29, 1.82) is 0 Å². The molecule has 0 aliphatic heterocycles. The van der Waals surface area contributed by atoms with Crippen LogP contribution in [0.3, 0.4) is 0 Å². The van der Waals surface area contributed by atoms with Crippen molar-refractivity contribution >= 4 is 39.1 Å². The third-order valence-electron chi connectivity index (χ3n) is 3.57. The van der Waals surface area contributed by atoms with E-state index in [0.717, 1.165) is 5.56 Å². The third-order valence-corrected chi connectivity index (χ3v) is 5.58. The number of methoxy groups -OCH3 is 1. The molecule has 0 radical (unpaired) electrons. The molecule has 0 aromatic heterocycles. The molecule has 2 N–H and O–H groups in total. The van der Waals surface area contributed by atoms with Crippen LogP contribution in [-0.4, -0.2) is 41.2 Å². The lowest BCUT2D eigenvalue weighted by Crippen LogP contribution is -2.28. The second-order valence-electron chi connectivity index (χ2n) is 5.67. The van der Waals surface area contributed by atoms with Crippen molar-refractivity contribution in [2.75, 3.05) is 26.9 Å². The molecular formula is C18H20Cl2N2O5S. The summed E-state index contributed by atoms with van der Waals surface area (Å²) in [4.78, 5) is 12.1. The number of sulfonamides is 1. The number of carbonyl (C=O) groups is 1. The molecule has 7 nitrogen and oxygen atoms in total. The summed E-state index contributed by atoms with van der Waals surface area (Å²) >= 11 is 11.8. The fourth-order valence-electron chi connectivity index (χ4n) is 2.14. The van der Waals surface area contributed by atoms with E-state index in [1.54, 1.807) is 24.3 Å². The Morgan fingerprint density at radius 2 is 1.82 bits per heavy atom. The van der Waals surface area contributed by atoms with Gasteiger partial charge < -0.3 is 14.8 Å². The highest BCUT2D eigenvalue weighted by Gasteiger charge is 2.13. The van der Waals surface area contributed by atoms with Crippen molar-refractivity contribution in [2.24, 2.45) is 0 Å². The zero-order valence-corrected chi connectivity index (χ0v) is 17.4. The SMILES string of the molecule is COCCNS(=O)(=O)c1ccc(CNC(=O)COc2ccc(Cl)cc2Cl)cc1. The summed E-state index contributed by atoms with van der Waals surface area (Å²) in [7, 11) is -2.09. The van der Waals surface area contributed by atoms with E-state index >= 15 is 0 Å². The van der Waals surface area contributed by atoms with Gasteiger partial charge in [-0.05, 0) is 35.9 Å². The highest BCUT2D eigenvalue weighted by molar-refractivity contribution is 7.89. The van der Waals surface area contributed by atoms with Crippen LogP contribution < -0.4 is 14.8 Å². The predicted molar refractivity (Wildman–Crippen MR) is 107 cm³/mol. The minimum Gasteiger partial charge on any atom is -0.482 e. The van der Waals surface area contributed by atoms with Gasteiger partial charge in [0.25, 0.3) is 5.91 Å². The van der Waals surface area contributed by atoms with E-state index in [-0.39, 0.29) is 37.1 Å². The minimum atomic E-state index is -3.59. The number of carbonyl (C=O) groups excluding carboxylic acids is 1. The second kappa shape index (κ2) is 10.6. The zero-order valence-electron chi connectivity index (χ0n) is 15.1. The van der Waals surface area contributed by atoms with Gasteiger partial charge in [-0.2, -0.15) is 0 Å². The maximum atomic E-state index is 12.1. The molecule has 1 amide bonds. The summed E-state index contributed by atoms with van der Waals surface area (Å²) in [5, 5.41) is 3.47. The lowest BCUT2D eigenvalue weighted by atomic mass is 10.2. The van der Waals surface area contributed by atoms with Gasteiger partial charge >= 0.3 is 0 Å². The van der Waals surface area contributed by atoms with Gasteiger partial charge in [-0.1, -0.05) is 35.3 Å². The molecule has 0 aliphatic rings. The van der Waals surface area contributed by atoms with Gasteiger partial charge in [-0.15, -0.1) is 0 Å². The molecule has 0 bridgehead atoms. The van der Waals surface area contributed by atoms with Gasteiger partial charge in [0.15, 0.2) is 6.61 Å². The molecule has 0 unspecified atom stereocenters. The molecule has 0 aliphatic carbocycles. The Morgan fingerprint density at radius 1 is 1.11 bits per heavy atom. The van der Waals surface area contributed by atoms with Gasteiger partial charge in [-0.25, -0.2) is 13.1 Å². The molecule has 0 saturated heterocycles. The fraction of sp³-hybridized carbons (Fsp3) is 0.278.